The van der Waals surface area contributed by atoms with E-state index in [2.05, 4.69) is 13.8 Å². The number of carbonyl (C=O) groups is 1. The second-order valence-electron chi connectivity index (χ2n) is 5.36. The monoisotopic (exact) mass is 287 g/mol. The lowest BCUT2D eigenvalue weighted by atomic mass is 9.84. The lowest BCUT2D eigenvalue weighted by Crippen LogP contribution is -2.49. The van der Waals surface area contributed by atoms with Crippen molar-refractivity contribution in [2.75, 3.05) is 6.61 Å². The van der Waals surface area contributed by atoms with Crippen LogP contribution in [0.15, 0.2) is 0 Å². The molecule has 0 aromatic rings. The van der Waals surface area contributed by atoms with Crippen molar-refractivity contribution in [3.8, 4) is 0 Å². The maximum Gasteiger partial charge on any atom is 0.177 e. The highest BCUT2D eigenvalue weighted by Crippen LogP contribution is 2.21. The highest BCUT2D eigenvalue weighted by molar-refractivity contribution is 5.89. The Morgan fingerprint density at radius 3 is 1.85 bits per heavy atom. The summed E-state index contributed by atoms with van der Waals surface area (Å²) in [6, 6.07) is 0. The largest absolute Gasteiger partial charge is 0.389 e. The first-order valence-corrected chi connectivity index (χ1v) is 8.53. The Morgan fingerprint density at radius 1 is 0.900 bits per heavy atom. The molecule has 0 aliphatic heterocycles. The number of rotatable bonds is 12. The second kappa shape index (κ2) is 15.0. The first-order valence-electron chi connectivity index (χ1n) is 8.53. The minimum Gasteiger partial charge on any atom is -0.389 e. The molecule has 0 aliphatic carbocycles. The Morgan fingerprint density at radius 2 is 1.35 bits per heavy atom. The molecular weight excluding hydrogens is 250 g/mol. The summed E-state index contributed by atoms with van der Waals surface area (Å²) in [6.45, 7) is 7.88. The first-order chi connectivity index (χ1) is 9.60. The number of hydrogen-bond donors (Lipinski definition) is 2. The van der Waals surface area contributed by atoms with Crippen LogP contribution >= 0.6 is 0 Å². The maximum absolute atomic E-state index is 11.7. The summed E-state index contributed by atoms with van der Waals surface area (Å²) in [5, 5.41) is 9.01. The molecule has 20 heavy (non-hydrogen) atoms. The zero-order chi connectivity index (χ0) is 15.9. The van der Waals surface area contributed by atoms with Gasteiger partial charge in [-0.25, -0.2) is 0 Å². The number of carbonyl (C=O) groups excluding carboxylic acids is 1. The Balaban J connectivity index is 0. The van der Waals surface area contributed by atoms with Gasteiger partial charge in [0, 0.05) is 0 Å². The number of nitrogens with two attached hydrogens (primary N) is 1. The third kappa shape index (κ3) is 10.4. The Labute approximate surface area is 126 Å². The van der Waals surface area contributed by atoms with Gasteiger partial charge >= 0.3 is 0 Å². The minimum absolute atomic E-state index is 0.190. The van der Waals surface area contributed by atoms with Crippen LogP contribution in [0.2, 0.25) is 0 Å². The van der Waals surface area contributed by atoms with Gasteiger partial charge in [-0.15, -0.1) is 0 Å². The van der Waals surface area contributed by atoms with Crippen molar-refractivity contribution in [2.45, 2.75) is 97.4 Å². The summed E-state index contributed by atoms with van der Waals surface area (Å²) in [6.07, 6.45) is 10.6. The lowest BCUT2D eigenvalue weighted by molar-refractivity contribution is -0.127. The van der Waals surface area contributed by atoms with Gasteiger partial charge in [-0.2, -0.15) is 0 Å². The van der Waals surface area contributed by atoms with Crippen LogP contribution in [0.1, 0.15) is 91.9 Å². The van der Waals surface area contributed by atoms with E-state index in [1.165, 1.54) is 25.7 Å². The average Bonchev–Trinajstić information content (AvgIpc) is 2.49. The molecule has 0 saturated heterocycles. The molecule has 0 aliphatic rings. The fourth-order valence-electron chi connectivity index (χ4n) is 2.27. The van der Waals surface area contributed by atoms with Gasteiger partial charge in [-0.05, 0) is 12.8 Å². The third-order valence-corrected chi connectivity index (χ3v) is 3.65. The minimum atomic E-state index is -0.782. The molecular formula is C17H37NO2. The molecule has 0 rings (SSSR count). The molecule has 0 spiro atoms. The van der Waals surface area contributed by atoms with Gasteiger partial charge < -0.3 is 10.8 Å². The predicted molar refractivity (Wildman–Crippen MR) is 87.9 cm³/mol. The summed E-state index contributed by atoms with van der Waals surface area (Å²) < 4.78 is 0. The zero-order valence-electron chi connectivity index (χ0n) is 14.2. The van der Waals surface area contributed by atoms with Crippen molar-refractivity contribution < 1.29 is 9.90 Å². The van der Waals surface area contributed by atoms with E-state index < -0.39 is 12.1 Å². The Hall–Kier alpha value is -0.410. The molecule has 0 aromatic heterocycles. The van der Waals surface area contributed by atoms with E-state index in [1.54, 1.807) is 0 Å². The smallest absolute Gasteiger partial charge is 0.177 e. The van der Waals surface area contributed by atoms with Crippen LogP contribution in [0.25, 0.3) is 0 Å². The van der Waals surface area contributed by atoms with Crippen molar-refractivity contribution in [3.05, 3.63) is 0 Å². The molecule has 0 aromatic carbocycles. The molecule has 1 unspecified atom stereocenters. The van der Waals surface area contributed by atoms with E-state index in [0.717, 1.165) is 32.1 Å². The highest BCUT2D eigenvalue weighted by Gasteiger charge is 2.31. The van der Waals surface area contributed by atoms with E-state index in [1.807, 2.05) is 13.8 Å². The van der Waals surface area contributed by atoms with Crippen molar-refractivity contribution in [1.82, 2.24) is 0 Å². The molecule has 3 heteroatoms. The normalized spacial score (nSPS) is 13.3. The molecule has 3 nitrogen and oxygen atoms in total. The van der Waals surface area contributed by atoms with Gasteiger partial charge in [0.15, 0.2) is 5.78 Å². The van der Waals surface area contributed by atoms with Crippen molar-refractivity contribution in [1.29, 1.82) is 0 Å². The molecule has 0 radical (unpaired) electrons. The molecule has 0 heterocycles. The van der Waals surface area contributed by atoms with Crippen LogP contribution in [0.4, 0.5) is 0 Å². The summed E-state index contributed by atoms with van der Waals surface area (Å²) in [4.78, 5) is 11.7. The summed E-state index contributed by atoms with van der Waals surface area (Å²) in [5.74, 6) is -0.190. The highest BCUT2D eigenvalue weighted by atomic mass is 16.3. The summed E-state index contributed by atoms with van der Waals surface area (Å²) in [7, 11) is 0. The van der Waals surface area contributed by atoms with E-state index in [0.29, 0.717) is 6.42 Å². The number of aliphatic hydroxyl groups excluding tert-OH is 1. The SMILES string of the molecule is CC.CCCCCCCCC(N)(CCCC)C(=O)CO. The summed E-state index contributed by atoms with van der Waals surface area (Å²) >= 11 is 0. The summed E-state index contributed by atoms with van der Waals surface area (Å²) in [5.41, 5.74) is 5.39. The van der Waals surface area contributed by atoms with Gasteiger partial charge in [-0.3, -0.25) is 4.79 Å². The van der Waals surface area contributed by atoms with Gasteiger partial charge in [0.05, 0.1) is 5.54 Å². The predicted octanol–water partition coefficient (Wildman–Crippen LogP) is 4.21. The van der Waals surface area contributed by atoms with Crippen molar-refractivity contribution >= 4 is 5.78 Å². The zero-order valence-corrected chi connectivity index (χ0v) is 14.2. The fourth-order valence-corrected chi connectivity index (χ4v) is 2.27. The van der Waals surface area contributed by atoms with Crippen molar-refractivity contribution in [2.24, 2.45) is 5.73 Å². The Kier molecular flexibility index (Phi) is 16.4. The molecule has 1 atom stereocenters. The van der Waals surface area contributed by atoms with E-state index >= 15 is 0 Å². The van der Waals surface area contributed by atoms with Crippen LogP contribution in [-0.4, -0.2) is 23.0 Å². The number of ketones is 1. The number of hydrogen-bond acceptors (Lipinski definition) is 3. The van der Waals surface area contributed by atoms with Crippen LogP contribution < -0.4 is 5.73 Å². The van der Waals surface area contributed by atoms with E-state index in [-0.39, 0.29) is 5.78 Å². The van der Waals surface area contributed by atoms with Gasteiger partial charge in [0.25, 0.3) is 0 Å². The molecule has 3 N–H and O–H groups in total. The topological polar surface area (TPSA) is 63.3 Å². The number of unbranched alkanes of at least 4 members (excludes halogenated alkanes) is 6. The maximum atomic E-state index is 11.7. The lowest BCUT2D eigenvalue weighted by Gasteiger charge is -2.27. The standard InChI is InChI=1S/C15H31NO2.C2H6/c1-3-5-7-8-9-10-12-15(16,11-6-4-2)14(18)13-17;1-2/h17H,3-13,16H2,1-2H3;1-2H3. The second-order valence-corrected chi connectivity index (χ2v) is 5.36. The quantitative estimate of drug-likeness (QED) is 0.528. The van der Waals surface area contributed by atoms with Crippen LogP contribution in [0, 0.1) is 0 Å². The van der Waals surface area contributed by atoms with Crippen LogP contribution in [0.3, 0.4) is 0 Å². The Bertz CT molecular complexity index is 219. The van der Waals surface area contributed by atoms with E-state index in [9.17, 15) is 4.79 Å². The van der Waals surface area contributed by atoms with Gasteiger partial charge in [0.1, 0.15) is 6.61 Å². The van der Waals surface area contributed by atoms with Crippen molar-refractivity contribution in [3.63, 3.8) is 0 Å². The molecule has 0 saturated carbocycles. The van der Waals surface area contributed by atoms with Gasteiger partial charge in [-0.1, -0.05) is 79.1 Å². The fraction of sp³-hybridized carbons (Fsp3) is 0.941. The molecule has 122 valence electrons. The number of aliphatic hydroxyl groups is 1. The molecule has 0 fully saturated rings. The van der Waals surface area contributed by atoms with Gasteiger partial charge in [0.2, 0.25) is 0 Å². The van der Waals surface area contributed by atoms with Crippen LogP contribution in [-0.2, 0) is 4.79 Å². The average molecular weight is 287 g/mol. The number of Topliss-reactive ketones (excluding diaryl/α,β-unsaturated/α-hetero) is 1. The third-order valence-electron chi connectivity index (χ3n) is 3.65. The first kappa shape index (κ1) is 21.9. The van der Waals surface area contributed by atoms with Crippen LogP contribution in [0.5, 0.6) is 0 Å². The molecule has 0 bridgehead atoms. The van der Waals surface area contributed by atoms with E-state index in [4.69, 9.17) is 10.8 Å². The molecule has 0 amide bonds.